The molecule has 37 heavy (non-hydrogen) atoms. The Morgan fingerprint density at radius 3 is 2.68 bits per heavy atom. The van der Waals surface area contributed by atoms with Gasteiger partial charge in [-0.3, -0.25) is 30.1 Å². The van der Waals surface area contributed by atoms with Gasteiger partial charge < -0.3 is 15.0 Å². The Kier molecular flexibility index (Phi) is 5.32. The van der Waals surface area contributed by atoms with Crippen LogP contribution in [0.4, 0.5) is 20.6 Å². The van der Waals surface area contributed by atoms with Crippen LogP contribution in [0.2, 0.25) is 0 Å². The van der Waals surface area contributed by atoms with E-state index in [0.29, 0.717) is 16.8 Å². The van der Waals surface area contributed by atoms with Gasteiger partial charge in [0, 0.05) is 24.7 Å². The van der Waals surface area contributed by atoms with Crippen LogP contribution in [0.15, 0.2) is 36.4 Å². The minimum absolute atomic E-state index is 0.183. The highest BCUT2D eigenvalue weighted by Gasteiger charge is 2.61. The molecular weight excluding hydrogens is 481 g/mol. The maximum atomic E-state index is 15.4. The maximum absolute atomic E-state index is 15.4. The SMILES string of the molecule is CC(=O)NC[C@H]1CN(c2ccc(-c3ccc4c(c3)CC3(C(=O)NNC3=O)C3CCCN43)c(F)c2)C(=O)O1. The third kappa shape index (κ3) is 3.59. The van der Waals surface area contributed by atoms with Gasteiger partial charge in [-0.1, -0.05) is 6.07 Å². The molecule has 4 heterocycles. The standard InChI is InChI=1S/C26H26FN5O5/c1-14(33)28-12-18-13-32(25(36)37-18)17-5-6-19(20(27)10-17)15-4-7-21-16(9-15)11-26(22-3-2-8-31(21)22)23(34)29-30-24(26)35/h4-7,9-10,18,22H,2-3,8,11-13H2,1H3,(H,28,33)(H,29,34)(H,30,35)/t18-,22?/m0/s1. The number of hydrogen-bond donors (Lipinski definition) is 3. The zero-order valence-electron chi connectivity index (χ0n) is 20.2. The molecule has 2 atom stereocenters. The van der Waals surface area contributed by atoms with Gasteiger partial charge in [0.15, 0.2) is 5.41 Å². The molecule has 192 valence electrons. The Morgan fingerprint density at radius 1 is 1.16 bits per heavy atom. The minimum atomic E-state index is -1.20. The first-order valence-corrected chi connectivity index (χ1v) is 12.3. The van der Waals surface area contributed by atoms with Gasteiger partial charge in [-0.15, -0.1) is 0 Å². The molecule has 2 aromatic carbocycles. The van der Waals surface area contributed by atoms with E-state index in [1.165, 1.54) is 17.9 Å². The largest absolute Gasteiger partial charge is 0.442 e. The first kappa shape index (κ1) is 23.3. The van der Waals surface area contributed by atoms with E-state index < -0.39 is 23.4 Å². The summed E-state index contributed by atoms with van der Waals surface area (Å²) < 4.78 is 20.6. The number of ether oxygens (including phenoxy) is 1. The Morgan fingerprint density at radius 2 is 1.95 bits per heavy atom. The van der Waals surface area contributed by atoms with E-state index in [9.17, 15) is 19.2 Å². The third-order valence-corrected chi connectivity index (χ3v) is 7.81. The number of carbonyl (C=O) groups excluding carboxylic acids is 4. The minimum Gasteiger partial charge on any atom is -0.442 e. The summed E-state index contributed by atoms with van der Waals surface area (Å²) in [6.07, 6.45) is 0.753. The van der Waals surface area contributed by atoms with Crippen LogP contribution in [0.5, 0.6) is 0 Å². The molecule has 0 radical (unpaired) electrons. The van der Waals surface area contributed by atoms with Gasteiger partial charge in [-0.25, -0.2) is 9.18 Å². The van der Waals surface area contributed by atoms with Crippen molar-refractivity contribution in [2.45, 2.75) is 38.3 Å². The molecule has 0 aliphatic carbocycles. The van der Waals surface area contributed by atoms with Crippen molar-refractivity contribution in [3.05, 3.63) is 47.8 Å². The summed E-state index contributed by atoms with van der Waals surface area (Å²) in [5.41, 5.74) is 6.87. The second kappa shape index (κ2) is 8.46. The van der Waals surface area contributed by atoms with Crippen LogP contribution in [0.3, 0.4) is 0 Å². The van der Waals surface area contributed by atoms with Crippen molar-refractivity contribution >= 4 is 35.2 Å². The topological polar surface area (TPSA) is 120 Å². The second-order valence-corrected chi connectivity index (χ2v) is 9.97. The van der Waals surface area contributed by atoms with Crippen LogP contribution in [0.1, 0.15) is 25.3 Å². The lowest BCUT2D eigenvalue weighted by Gasteiger charge is -2.43. The van der Waals surface area contributed by atoms with Gasteiger partial charge in [-0.2, -0.15) is 0 Å². The Bertz CT molecular complexity index is 1330. The first-order valence-electron chi connectivity index (χ1n) is 12.3. The third-order valence-electron chi connectivity index (χ3n) is 7.81. The summed E-state index contributed by atoms with van der Waals surface area (Å²) >= 11 is 0. The lowest BCUT2D eigenvalue weighted by atomic mass is 9.70. The molecule has 10 nitrogen and oxygen atoms in total. The molecule has 4 aliphatic heterocycles. The summed E-state index contributed by atoms with van der Waals surface area (Å²) in [6, 6.07) is 9.94. The van der Waals surface area contributed by atoms with E-state index in [1.54, 1.807) is 12.1 Å². The molecule has 3 fully saturated rings. The van der Waals surface area contributed by atoms with Gasteiger partial charge in [0.1, 0.15) is 11.9 Å². The van der Waals surface area contributed by atoms with Gasteiger partial charge in [0.25, 0.3) is 11.8 Å². The van der Waals surface area contributed by atoms with Crippen molar-refractivity contribution < 1.29 is 28.3 Å². The Balaban J connectivity index is 1.29. The van der Waals surface area contributed by atoms with E-state index in [2.05, 4.69) is 21.1 Å². The van der Waals surface area contributed by atoms with Crippen molar-refractivity contribution in [1.82, 2.24) is 16.2 Å². The average molecular weight is 508 g/mol. The average Bonchev–Trinajstić information content (AvgIpc) is 3.58. The fourth-order valence-corrected chi connectivity index (χ4v) is 6.07. The number of cyclic esters (lactones) is 1. The summed E-state index contributed by atoms with van der Waals surface area (Å²) in [5.74, 6) is -1.39. The lowest BCUT2D eigenvalue weighted by molar-refractivity contribution is -0.137. The van der Waals surface area contributed by atoms with Crippen molar-refractivity contribution in [2.75, 3.05) is 29.4 Å². The number of hydrazine groups is 1. The predicted molar refractivity (Wildman–Crippen MR) is 131 cm³/mol. The summed E-state index contributed by atoms with van der Waals surface area (Å²) in [7, 11) is 0. The number of benzene rings is 2. The highest BCUT2D eigenvalue weighted by Crippen LogP contribution is 2.48. The maximum Gasteiger partial charge on any atom is 0.414 e. The van der Waals surface area contributed by atoms with Crippen molar-refractivity contribution in [3.63, 3.8) is 0 Å². The Hall–Kier alpha value is -4.15. The highest BCUT2D eigenvalue weighted by atomic mass is 19.1. The van der Waals surface area contributed by atoms with Crippen LogP contribution < -0.4 is 26.0 Å². The number of fused-ring (bicyclic) bond motifs is 4. The van der Waals surface area contributed by atoms with E-state index in [1.807, 2.05) is 18.2 Å². The highest BCUT2D eigenvalue weighted by molar-refractivity contribution is 6.12. The Labute approximate surface area is 212 Å². The summed E-state index contributed by atoms with van der Waals surface area (Å²) in [5, 5.41) is 2.61. The molecule has 1 spiro atoms. The van der Waals surface area contributed by atoms with Crippen LogP contribution in [-0.2, 0) is 25.5 Å². The molecule has 1 unspecified atom stereocenters. The van der Waals surface area contributed by atoms with E-state index in [4.69, 9.17) is 4.74 Å². The molecule has 3 saturated heterocycles. The molecule has 0 bridgehead atoms. The van der Waals surface area contributed by atoms with Crippen LogP contribution in [0, 0.1) is 11.2 Å². The number of nitrogens with zero attached hydrogens (tertiary/aromatic N) is 2. The fraction of sp³-hybridized carbons (Fsp3) is 0.385. The van der Waals surface area contributed by atoms with Crippen molar-refractivity contribution in [1.29, 1.82) is 0 Å². The van der Waals surface area contributed by atoms with Crippen LogP contribution in [-0.4, -0.2) is 55.6 Å². The summed E-state index contributed by atoms with van der Waals surface area (Å²) in [6.45, 7) is 2.50. The zero-order chi connectivity index (χ0) is 25.9. The molecule has 3 N–H and O–H groups in total. The monoisotopic (exact) mass is 507 g/mol. The van der Waals surface area contributed by atoms with Gasteiger partial charge in [0.05, 0.1) is 24.8 Å². The number of anilines is 2. The molecule has 4 aliphatic rings. The molecule has 11 heteroatoms. The molecule has 0 aromatic heterocycles. The number of carbonyl (C=O) groups is 4. The quantitative estimate of drug-likeness (QED) is 0.541. The summed E-state index contributed by atoms with van der Waals surface area (Å²) in [4.78, 5) is 52.7. The normalized spacial score (nSPS) is 23.5. The number of amides is 4. The number of nitrogens with one attached hydrogen (secondary N) is 3. The second-order valence-electron chi connectivity index (χ2n) is 9.97. The van der Waals surface area contributed by atoms with E-state index in [-0.39, 0.29) is 43.3 Å². The van der Waals surface area contributed by atoms with Gasteiger partial charge in [0.2, 0.25) is 5.91 Å². The lowest BCUT2D eigenvalue weighted by Crippen LogP contribution is -2.56. The molecule has 6 rings (SSSR count). The van der Waals surface area contributed by atoms with Crippen molar-refractivity contribution in [2.24, 2.45) is 5.41 Å². The fourth-order valence-electron chi connectivity index (χ4n) is 6.07. The zero-order valence-corrected chi connectivity index (χ0v) is 20.2. The molecule has 2 aromatic rings. The number of rotatable bonds is 4. The van der Waals surface area contributed by atoms with Crippen LogP contribution >= 0.6 is 0 Å². The van der Waals surface area contributed by atoms with E-state index >= 15 is 4.39 Å². The predicted octanol–water partition coefficient (Wildman–Crippen LogP) is 1.63. The number of halogens is 1. The van der Waals surface area contributed by atoms with Gasteiger partial charge in [-0.05, 0) is 60.7 Å². The van der Waals surface area contributed by atoms with E-state index in [0.717, 1.165) is 30.6 Å². The first-order chi connectivity index (χ1) is 17.8. The molecule has 4 amide bonds. The van der Waals surface area contributed by atoms with Gasteiger partial charge >= 0.3 is 6.09 Å². The smallest absolute Gasteiger partial charge is 0.414 e. The van der Waals surface area contributed by atoms with Crippen molar-refractivity contribution in [3.8, 4) is 11.1 Å². The molecular formula is C26H26FN5O5. The van der Waals surface area contributed by atoms with Crippen LogP contribution in [0.25, 0.3) is 11.1 Å². The molecule has 0 saturated carbocycles. The number of hydrogen-bond acceptors (Lipinski definition) is 6.